The number of thiocarbonyl (C=S) groups is 1. The highest BCUT2D eigenvalue weighted by Gasteiger charge is 2.14. The third-order valence-corrected chi connectivity index (χ3v) is 1.79. The molecule has 0 N–H and O–H groups in total. The van der Waals surface area contributed by atoms with Crippen molar-refractivity contribution in [1.82, 2.24) is 0 Å². The topological polar surface area (TPSA) is 72.6 Å². The number of nitro benzene ring substituents is 1. The molecule has 1 aromatic carbocycles. The number of carbonyl (C=O) groups is 1. The van der Waals surface area contributed by atoms with Gasteiger partial charge < -0.3 is 0 Å². The number of nitro groups is 1. The smallest absolute Gasteiger partial charge is 0.271 e. The van der Waals surface area contributed by atoms with Crippen LogP contribution in [0.5, 0.6) is 0 Å². The summed E-state index contributed by atoms with van der Waals surface area (Å²) in [6, 6.07) is 6.00. The van der Waals surface area contributed by atoms with Crippen molar-refractivity contribution in [2.24, 2.45) is 4.99 Å². The zero-order valence-electron chi connectivity index (χ0n) is 7.54. The predicted molar refractivity (Wildman–Crippen MR) is 56.8 cm³/mol. The van der Waals surface area contributed by atoms with E-state index in [1.54, 1.807) is 6.07 Å². The van der Waals surface area contributed by atoms with E-state index in [2.05, 4.69) is 17.2 Å². The molecule has 0 fully saturated rings. The van der Waals surface area contributed by atoms with Crippen LogP contribution in [0.3, 0.4) is 0 Å². The Balaban J connectivity index is 2.99. The summed E-state index contributed by atoms with van der Waals surface area (Å²) >= 11 is 4.26. The van der Waals surface area contributed by atoms with Gasteiger partial charge in [0.05, 0.1) is 16.5 Å². The molecule has 1 rings (SSSR count). The molecule has 0 bridgehead atoms. The third kappa shape index (κ3) is 3.05. The van der Waals surface area contributed by atoms with E-state index < -0.39 is 10.8 Å². The van der Waals surface area contributed by atoms with Crippen LogP contribution in [0, 0.1) is 10.1 Å². The molecular weight excluding hydrogens is 216 g/mol. The summed E-state index contributed by atoms with van der Waals surface area (Å²) in [5, 5.41) is 12.5. The van der Waals surface area contributed by atoms with E-state index in [1.807, 2.05) is 5.16 Å². The minimum atomic E-state index is -0.542. The molecule has 0 aromatic heterocycles. The highest BCUT2D eigenvalue weighted by molar-refractivity contribution is 7.78. The molecule has 0 aliphatic rings. The molecule has 0 aliphatic carbocycles. The van der Waals surface area contributed by atoms with E-state index >= 15 is 0 Å². The summed E-state index contributed by atoms with van der Waals surface area (Å²) in [6.07, 6.45) is -0.138. The van der Waals surface area contributed by atoms with Crippen molar-refractivity contribution in [3.63, 3.8) is 0 Å². The highest BCUT2D eigenvalue weighted by Crippen LogP contribution is 2.18. The first-order valence-electron chi connectivity index (χ1n) is 3.98. The molecule has 1 amide bonds. The summed E-state index contributed by atoms with van der Waals surface area (Å²) in [7, 11) is 0. The lowest BCUT2D eigenvalue weighted by Gasteiger charge is -1.98. The lowest BCUT2D eigenvalue weighted by Crippen LogP contribution is -2.02. The molecule has 1 aromatic rings. The number of carbonyl (C=O) groups excluding carboxylic acids is 1. The summed E-state index contributed by atoms with van der Waals surface area (Å²) < 4.78 is 0. The Bertz CT molecular complexity index is 452. The molecule has 0 heterocycles. The fraction of sp³-hybridized carbons (Fsp3) is 0.111. The minimum Gasteiger partial charge on any atom is -0.271 e. The SMILES string of the molecule is O=C(Cc1ccccc1[N+](=O)[O-])N=C=S. The number of isothiocyanates is 1. The van der Waals surface area contributed by atoms with Gasteiger partial charge in [-0.1, -0.05) is 18.2 Å². The van der Waals surface area contributed by atoms with E-state index in [0.29, 0.717) is 5.56 Å². The second-order valence-electron chi connectivity index (χ2n) is 2.66. The van der Waals surface area contributed by atoms with Gasteiger partial charge in [0.1, 0.15) is 0 Å². The summed E-state index contributed by atoms with van der Waals surface area (Å²) in [6.45, 7) is 0. The number of amides is 1. The molecule has 0 atom stereocenters. The largest absolute Gasteiger partial charge is 0.273 e. The van der Waals surface area contributed by atoms with Crippen molar-refractivity contribution >= 4 is 29.0 Å². The Morgan fingerprint density at radius 1 is 1.53 bits per heavy atom. The van der Waals surface area contributed by atoms with Gasteiger partial charge in [0.15, 0.2) is 0 Å². The van der Waals surface area contributed by atoms with E-state index in [0.717, 1.165) is 0 Å². The summed E-state index contributed by atoms with van der Waals surface area (Å²) in [5.74, 6) is -0.542. The lowest BCUT2D eigenvalue weighted by atomic mass is 10.1. The molecule has 0 spiro atoms. The summed E-state index contributed by atoms with van der Waals surface area (Å²) in [4.78, 5) is 24.3. The Morgan fingerprint density at radius 3 is 2.80 bits per heavy atom. The van der Waals surface area contributed by atoms with E-state index in [4.69, 9.17) is 0 Å². The zero-order chi connectivity index (χ0) is 11.3. The van der Waals surface area contributed by atoms with Crippen LogP contribution in [0.1, 0.15) is 5.56 Å². The molecule has 6 heteroatoms. The molecule has 5 nitrogen and oxygen atoms in total. The van der Waals surface area contributed by atoms with Gasteiger partial charge in [0, 0.05) is 11.6 Å². The van der Waals surface area contributed by atoms with Gasteiger partial charge in [0.2, 0.25) is 0 Å². The van der Waals surface area contributed by atoms with Gasteiger partial charge in [-0.15, -0.1) is 0 Å². The second kappa shape index (κ2) is 5.09. The van der Waals surface area contributed by atoms with Crippen LogP contribution < -0.4 is 0 Å². The van der Waals surface area contributed by atoms with Gasteiger partial charge >= 0.3 is 0 Å². The molecular formula is C9H6N2O3S. The molecule has 0 aliphatic heterocycles. The van der Waals surface area contributed by atoms with Crippen molar-refractivity contribution in [2.75, 3.05) is 0 Å². The maximum Gasteiger partial charge on any atom is 0.273 e. The molecule has 0 saturated carbocycles. The predicted octanol–water partition coefficient (Wildman–Crippen LogP) is 1.77. The molecule has 0 unspecified atom stereocenters. The maximum absolute atomic E-state index is 11.1. The van der Waals surface area contributed by atoms with Crippen molar-refractivity contribution in [2.45, 2.75) is 6.42 Å². The van der Waals surface area contributed by atoms with Crippen LogP contribution in [0.25, 0.3) is 0 Å². The Kier molecular flexibility index (Phi) is 3.79. The first-order chi connectivity index (χ1) is 7.15. The average Bonchev–Trinajstić information content (AvgIpc) is 2.18. The van der Waals surface area contributed by atoms with Gasteiger partial charge in [-0.3, -0.25) is 14.9 Å². The quantitative estimate of drug-likeness (QED) is 0.338. The van der Waals surface area contributed by atoms with Crippen LogP contribution in [-0.2, 0) is 11.2 Å². The molecule has 0 radical (unpaired) electrons. The Morgan fingerprint density at radius 2 is 2.20 bits per heavy atom. The highest BCUT2D eigenvalue weighted by atomic mass is 32.1. The van der Waals surface area contributed by atoms with Crippen LogP contribution in [-0.4, -0.2) is 16.0 Å². The lowest BCUT2D eigenvalue weighted by molar-refractivity contribution is -0.385. The van der Waals surface area contributed by atoms with E-state index in [1.165, 1.54) is 18.2 Å². The van der Waals surface area contributed by atoms with Gasteiger partial charge in [-0.05, 0) is 12.2 Å². The van der Waals surface area contributed by atoms with Gasteiger partial charge in [-0.2, -0.15) is 4.99 Å². The van der Waals surface area contributed by atoms with Gasteiger partial charge in [0.25, 0.3) is 11.6 Å². The van der Waals surface area contributed by atoms with Crippen LogP contribution in [0.15, 0.2) is 29.3 Å². The van der Waals surface area contributed by atoms with Crippen LogP contribution in [0.4, 0.5) is 5.69 Å². The Hall–Kier alpha value is -1.91. The fourth-order valence-corrected chi connectivity index (χ4v) is 1.19. The number of hydrogen-bond acceptors (Lipinski definition) is 4. The first kappa shape index (κ1) is 11.2. The van der Waals surface area contributed by atoms with Crippen molar-refractivity contribution in [3.8, 4) is 0 Å². The number of rotatable bonds is 3. The zero-order valence-corrected chi connectivity index (χ0v) is 8.36. The maximum atomic E-state index is 11.1. The second-order valence-corrected chi connectivity index (χ2v) is 2.84. The average molecular weight is 222 g/mol. The molecule has 0 saturated heterocycles. The van der Waals surface area contributed by atoms with Crippen molar-refractivity contribution in [3.05, 3.63) is 39.9 Å². The van der Waals surface area contributed by atoms with Gasteiger partial charge in [-0.25, -0.2) is 0 Å². The van der Waals surface area contributed by atoms with Crippen LogP contribution in [0.2, 0.25) is 0 Å². The molecule has 76 valence electrons. The Labute approximate surface area is 90.6 Å². The molecule has 15 heavy (non-hydrogen) atoms. The minimum absolute atomic E-state index is 0.0922. The van der Waals surface area contributed by atoms with Crippen molar-refractivity contribution in [1.29, 1.82) is 0 Å². The standard InChI is InChI=1S/C9H6N2O3S/c12-9(10-6-15)5-7-3-1-2-4-8(7)11(13)14/h1-4H,5H2. The first-order valence-corrected chi connectivity index (χ1v) is 4.39. The fourth-order valence-electron chi connectivity index (χ4n) is 1.09. The monoisotopic (exact) mass is 222 g/mol. The number of benzene rings is 1. The van der Waals surface area contributed by atoms with E-state index in [-0.39, 0.29) is 12.1 Å². The van der Waals surface area contributed by atoms with Crippen LogP contribution >= 0.6 is 12.2 Å². The third-order valence-electron chi connectivity index (χ3n) is 1.70. The number of para-hydroxylation sites is 1. The van der Waals surface area contributed by atoms with Crippen molar-refractivity contribution < 1.29 is 9.72 Å². The normalized spacial score (nSPS) is 9.07. The number of hydrogen-bond donors (Lipinski definition) is 0. The van der Waals surface area contributed by atoms with E-state index in [9.17, 15) is 14.9 Å². The number of aliphatic imine (C=N–C) groups is 1. The summed E-state index contributed by atoms with van der Waals surface area (Å²) in [5.41, 5.74) is 0.229. The number of nitrogens with zero attached hydrogens (tertiary/aromatic N) is 2.